The van der Waals surface area contributed by atoms with Gasteiger partial charge in [-0.05, 0) is 18.2 Å². The summed E-state index contributed by atoms with van der Waals surface area (Å²) in [5.74, 6) is -0.574. The first kappa shape index (κ1) is 17.5. The number of rotatable bonds is 4. The Morgan fingerprint density at radius 2 is 1.96 bits per heavy atom. The molecule has 1 aliphatic heterocycles. The quantitative estimate of drug-likeness (QED) is 0.531. The summed E-state index contributed by atoms with van der Waals surface area (Å²) in [6.07, 6.45) is -3.40. The van der Waals surface area contributed by atoms with Crippen LogP contribution in [0.5, 0.6) is 0 Å². The predicted molar refractivity (Wildman–Crippen MR) is 88.5 cm³/mol. The second-order valence-corrected chi connectivity index (χ2v) is 5.97. The number of H-pyrrole nitrogens is 1. The van der Waals surface area contributed by atoms with Crippen molar-refractivity contribution in [2.75, 3.05) is 6.61 Å². The highest BCUT2D eigenvalue weighted by atomic mass is 32.1. The van der Waals surface area contributed by atoms with Crippen LogP contribution < -0.4 is 5.69 Å². The van der Waals surface area contributed by atoms with Crippen LogP contribution in [-0.4, -0.2) is 50.7 Å². The van der Waals surface area contributed by atoms with Crippen molar-refractivity contribution in [3.8, 4) is 0 Å². The SMILES string of the molecule is O=C(OCC1OC(n2ccc(=S)[nH]c2=O)C(O)C1O)c1ccccc1. The van der Waals surface area contributed by atoms with E-state index in [0.29, 0.717) is 5.56 Å². The van der Waals surface area contributed by atoms with Crippen LogP contribution in [0.3, 0.4) is 0 Å². The molecule has 4 atom stereocenters. The van der Waals surface area contributed by atoms with Gasteiger partial charge in [-0.25, -0.2) is 9.59 Å². The molecule has 132 valence electrons. The molecule has 0 radical (unpaired) electrons. The van der Waals surface area contributed by atoms with Crippen LogP contribution in [0.4, 0.5) is 0 Å². The molecule has 0 amide bonds. The zero-order valence-electron chi connectivity index (χ0n) is 12.9. The summed E-state index contributed by atoms with van der Waals surface area (Å²) in [6.45, 7) is -0.264. The van der Waals surface area contributed by atoms with Crippen molar-refractivity contribution in [1.29, 1.82) is 0 Å². The van der Waals surface area contributed by atoms with Gasteiger partial charge in [0.15, 0.2) is 6.23 Å². The summed E-state index contributed by atoms with van der Waals surface area (Å²) >= 11 is 4.85. The summed E-state index contributed by atoms with van der Waals surface area (Å²) in [5.41, 5.74) is -0.218. The van der Waals surface area contributed by atoms with Crippen molar-refractivity contribution >= 4 is 18.2 Å². The molecule has 0 aliphatic carbocycles. The molecule has 1 aromatic carbocycles. The number of aromatic amines is 1. The summed E-state index contributed by atoms with van der Waals surface area (Å²) in [6, 6.07) is 9.81. The summed E-state index contributed by atoms with van der Waals surface area (Å²) in [5, 5.41) is 20.2. The number of nitrogens with zero attached hydrogens (tertiary/aromatic N) is 1. The molecule has 25 heavy (non-hydrogen) atoms. The number of carbonyl (C=O) groups excluding carboxylic acids is 1. The van der Waals surface area contributed by atoms with Crippen molar-refractivity contribution in [3.05, 3.63) is 63.3 Å². The molecule has 3 N–H and O–H groups in total. The van der Waals surface area contributed by atoms with E-state index in [2.05, 4.69) is 4.98 Å². The Kier molecular flexibility index (Phi) is 5.09. The minimum Gasteiger partial charge on any atom is -0.459 e. The number of aromatic nitrogens is 2. The largest absolute Gasteiger partial charge is 0.459 e. The fourth-order valence-corrected chi connectivity index (χ4v) is 2.69. The van der Waals surface area contributed by atoms with Crippen LogP contribution in [0.15, 0.2) is 47.4 Å². The lowest BCUT2D eigenvalue weighted by Crippen LogP contribution is -2.36. The van der Waals surface area contributed by atoms with Gasteiger partial charge < -0.3 is 19.7 Å². The first-order chi connectivity index (χ1) is 12.0. The van der Waals surface area contributed by atoms with E-state index in [1.165, 1.54) is 12.3 Å². The molecule has 4 unspecified atom stereocenters. The number of benzene rings is 1. The van der Waals surface area contributed by atoms with Gasteiger partial charge in [-0.1, -0.05) is 30.4 Å². The molecule has 1 aromatic heterocycles. The third-order valence-corrected chi connectivity index (χ3v) is 4.09. The van der Waals surface area contributed by atoms with Crippen molar-refractivity contribution in [2.45, 2.75) is 24.5 Å². The fourth-order valence-electron chi connectivity index (χ4n) is 2.54. The van der Waals surface area contributed by atoms with Gasteiger partial charge in [-0.15, -0.1) is 0 Å². The van der Waals surface area contributed by atoms with Crippen molar-refractivity contribution < 1.29 is 24.5 Å². The number of nitrogens with one attached hydrogen (secondary N) is 1. The lowest BCUT2D eigenvalue weighted by atomic mass is 10.1. The lowest BCUT2D eigenvalue weighted by molar-refractivity contribution is -0.0598. The smallest absolute Gasteiger partial charge is 0.338 e. The zero-order valence-corrected chi connectivity index (χ0v) is 13.8. The van der Waals surface area contributed by atoms with Gasteiger partial charge in [0.1, 0.15) is 29.6 Å². The molecule has 3 rings (SSSR count). The van der Waals surface area contributed by atoms with Crippen LogP contribution in [0.25, 0.3) is 0 Å². The zero-order chi connectivity index (χ0) is 18.0. The molecule has 8 nitrogen and oxygen atoms in total. The predicted octanol–water partition coefficient (Wildman–Crippen LogP) is 0.382. The first-order valence-corrected chi connectivity index (χ1v) is 7.93. The van der Waals surface area contributed by atoms with Gasteiger partial charge in [0, 0.05) is 6.20 Å². The second-order valence-electron chi connectivity index (χ2n) is 5.53. The number of hydrogen-bond donors (Lipinski definition) is 3. The van der Waals surface area contributed by atoms with Gasteiger partial charge in [0.25, 0.3) is 0 Å². The number of carbonyl (C=O) groups is 1. The molecule has 1 aliphatic rings. The fraction of sp³-hybridized carbons (Fsp3) is 0.312. The molecule has 9 heteroatoms. The molecule has 0 bridgehead atoms. The highest BCUT2D eigenvalue weighted by molar-refractivity contribution is 7.71. The van der Waals surface area contributed by atoms with E-state index in [9.17, 15) is 19.8 Å². The van der Waals surface area contributed by atoms with Gasteiger partial charge in [-0.3, -0.25) is 9.55 Å². The summed E-state index contributed by atoms with van der Waals surface area (Å²) < 4.78 is 12.0. The van der Waals surface area contributed by atoms with Gasteiger partial charge in [-0.2, -0.15) is 0 Å². The maximum Gasteiger partial charge on any atom is 0.338 e. The maximum atomic E-state index is 11.9. The van der Waals surface area contributed by atoms with Crippen LogP contribution >= 0.6 is 12.2 Å². The lowest BCUT2D eigenvalue weighted by Gasteiger charge is -2.16. The average molecular weight is 364 g/mol. The Morgan fingerprint density at radius 1 is 1.24 bits per heavy atom. The van der Waals surface area contributed by atoms with Crippen LogP contribution in [0, 0.1) is 4.64 Å². The van der Waals surface area contributed by atoms with E-state index in [-0.39, 0.29) is 11.2 Å². The van der Waals surface area contributed by atoms with Crippen LogP contribution in [0.1, 0.15) is 16.6 Å². The Hall–Kier alpha value is -2.33. The summed E-state index contributed by atoms with van der Waals surface area (Å²) in [7, 11) is 0. The first-order valence-electron chi connectivity index (χ1n) is 7.52. The number of aliphatic hydroxyl groups excluding tert-OH is 2. The molecular formula is C16H16N2O6S. The number of esters is 1. The van der Waals surface area contributed by atoms with E-state index in [1.807, 2.05) is 0 Å². The topological polar surface area (TPSA) is 114 Å². The third-order valence-electron chi connectivity index (χ3n) is 3.85. The van der Waals surface area contributed by atoms with Crippen molar-refractivity contribution in [2.24, 2.45) is 0 Å². The highest BCUT2D eigenvalue weighted by Gasteiger charge is 2.44. The van der Waals surface area contributed by atoms with Gasteiger partial charge in [0.05, 0.1) is 5.56 Å². The Bertz CT molecular complexity index is 865. The highest BCUT2D eigenvalue weighted by Crippen LogP contribution is 2.28. The Morgan fingerprint density at radius 3 is 2.64 bits per heavy atom. The minimum atomic E-state index is -1.36. The summed E-state index contributed by atoms with van der Waals surface area (Å²) in [4.78, 5) is 26.3. The van der Waals surface area contributed by atoms with Gasteiger partial charge >= 0.3 is 11.7 Å². The van der Waals surface area contributed by atoms with Crippen LogP contribution in [0.2, 0.25) is 0 Å². The maximum absolute atomic E-state index is 11.9. The molecule has 0 saturated carbocycles. The number of ether oxygens (including phenoxy) is 2. The van der Waals surface area contributed by atoms with Crippen LogP contribution in [-0.2, 0) is 9.47 Å². The molecule has 2 heterocycles. The molecular weight excluding hydrogens is 348 g/mol. The van der Waals surface area contributed by atoms with E-state index in [4.69, 9.17) is 21.7 Å². The second kappa shape index (κ2) is 7.28. The molecule has 2 aromatic rings. The average Bonchev–Trinajstić information content (AvgIpc) is 2.89. The van der Waals surface area contributed by atoms with E-state index >= 15 is 0 Å². The van der Waals surface area contributed by atoms with E-state index < -0.39 is 36.2 Å². The molecule has 1 fully saturated rings. The number of aliphatic hydroxyl groups is 2. The van der Waals surface area contributed by atoms with E-state index in [1.54, 1.807) is 30.3 Å². The van der Waals surface area contributed by atoms with Crippen molar-refractivity contribution in [3.63, 3.8) is 0 Å². The Labute approximate surface area is 147 Å². The van der Waals surface area contributed by atoms with Crippen molar-refractivity contribution in [1.82, 2.24) is 9.55 Å². The number of hydrogen-bond acceptors (Lipinski definition) is 7. The monoisotopic (exact) mass is 364 g/mol. The minimum absolute atomic E-state index is 0.239. The Balaban J connectivity index is 1.69. The molecule has 0 spiro atoms. The normalized spacial score (nSPS) is 25.7. The van der Waals surface area contributed by atoms with E-state index in [0.717, 1.165) is 4.57 Å². The standard InChI is InChI=1S/C16H16N2O6S/c19-12-10(8-23-15(21)9-4-2-1-3-5-9)24-14(13(12)20)18-7-6-11(25)17-16(18)22/h1-7,10,12-14,19-20H,8H2,(H,17,22,25). The van der Waals surface area contributed by atoms with Gasteiger partial charge in [0.2, 0.25) is 0 Å². The third kappa shape index (κ3) is 3.69. The molecule has 1 saturated heterocycles.